The van der Waals surface area contributed by atoms with Crippen molar-refractivity contribution < 1.29 is 28.6 Å². The lowest BCUT2D eigenvalue weighted by Crippen LogP contribution is -2.35. The normalized spacial score (nSPS) is 22.6. The van der Waals surface area contributed by atoms with Gasteiger partial charge in [-0.15, -0.1) is 0 Å². The summed E-state index contributed by atoms with van der Waals surface area (Å²) in [7, 11) is 0. The van der Waals surface area contributed by atoms with Crippen LogP contribution in [0.5, 0.6) is 11.5 Å². The van der Waals surface area contributed by atoms with Gasteiger partial charge in [0.2, 0.25) is 11.8 Å². The Balaban J connectivity index is 1.20. The van der Waals surface area contributed by atoms with Crippen molar-refractivity contribution in [2.75, 3.05) is 18.1 Å². The fourth-order valence-electron chi connectivity index (χ4n) is 7.05. The van der Waals surface area contributed by atoms with E-state index in [9.17, 15) is 19.1 Å². The van der Waals surface area contributed by atoms with Crippen molar-refractivity contribution in [2.24, 2.45) is 17.8 Å². The Morgan fingerprint density at radius 1 is 0.957 bits per heavy atom. The number of phenols is 1. The summed E-state index contributed by atoms with van der Waals surface area (Å²) in [6.45, 7) is 0.630. The second-order valence-electron chi connectivity index (χ2n) is 11.9. The van der Waals surface area contributed by atoms with Crippen LogP contribution in [0.1, 0.15) is 30.5 Å². The van der Waals surface area contributed by atoms with Gasteiger partial charge < -0.3 is 14.6 Å². The smallest absolute Gasteiger partial charge is 0.238 e. The molecule has 4 aromatic rings. The Kier molecular flexibility index (Phi) is 8.20. The molecular weight excluding hydrogens is 583 g/mol. The first-order valence-corrected chi connectivity index (χ1v) is 15.5. The average Bonchev–Trinajstić information content (AvgIpc) is 3.62. The largest absolute Gasteiger partial charge is 0.505 e. The molecule has 3 heterocycles. The monoisotopic (exact) mass is 616 g/mol. The minimum absolute atomic E-state index is 0.178. The third-order valence-electron chi connectivity index (χ3n) is 9.16. The Morgan fingerprint density at radius 3 is 2.46 bits per heavy atom. The maximum absolute atomic E-state index is 14.2. The van der Waals surface area contributed by atoms with Crippen molar-refractivity contribution in [1.82, 2.24) is 4.98 Å². The molecule has 2 amide bonds. The molecule has 0 saturated carbocycles. The van der Waals surface area contributed by atoms with E-state index < -0.39 is 23.4 Å². The molecule has 1 aromatic heterocycles. The number of hydrogen-bond donors (Lipinski definition) is 1. The van der Waals surface area contributed by atoms with Gasteiger partial charge in [0, 0.05) is 12.1 Å². The third kappa shape index (κ3) is 5.72. The standard InChI is InChI=1S/C38H33FN2O5/c39-31-20-24(14-16-33(31)42)19-25(32-13-7-8-18-40-32)15-17-34-35-26(22-45-28-11-5-2-6-12-28)21-29-36(30(35)23-46-34)38(44)41(37(29)43)27-9-3-1-4-10-27/h1-14,16,18-20,29-30,34,36,42H,15,17,21-23H2/b25-19-/t29-,30+,34-,36-/m1/s1. The number of aromatic hydroxyl groups is 1. The lowest BCUT2D eigenvalue weighted by molar-refractivity contribution is -0.122. The second kappa shape index (κ2) is 12.7. The van der Waals surface area contributed by atoms with E-state index in [-0.39, 0.29) is 23.8 Å². The third-order valence-corrected chi connectivity index (χ3v) is 9.16. The van der Waals surface area contributed by atoms with E-state index in [1.54, 1.807) is 24.4 Å². The molecule has 1 N–H and O–H groups in total. The summed E-state index contributed by atoms with van der Waals surface area (Å²) in [6, 6.07) is 28.6. The van der Waals surface area contributed by atoms with Crippen molar-refractivity contribution in [3.8, 4) is 11.5 Å². The van der Waals surface area contributed by atoms with E-state index in [0.717, 1.165) is 28.2 Å². The number of pyridine rings is 1. The number of allylic oxidation sites excluding steroid dienone is 1. The minimum atomic E-state index is -0.693. The van der Waals surface area contributed by atoms with Crippen LogP contribution in [0.3, 0.4) is 0 Å². The number of rotatable bonds is 9. The number of ether oxygens (including phenoxy) is 2. The number of anilines is 1. The zero-order chi connectivity index (χ0) is 31.6. The first-order chi connectivity index (χ1) is 22.5. The summed E-state index contributed by atoms with van der Waals surface area (Å²) in [5, 5.41) is 9.69. The quantitative estimate of drug-likeness (QED) is 0.164. The first kappa shape index (κ1) is 29.6. The van der Waals surface area contributed by atoms with Gasteiger partial charge in [-0.1, -0.05) is 48.5 Å². The van der Waals surface area contributed by atoms with E-state index in [4.69, 9.17) is 9.47 Å². The number of hydrogen-bond acceptors (Lipinski definition) is 6. The van der Waals surface area contributed by atoms with Gasteiger partial charge in [0.15, 0.2) is 11.6 Å². The maximum Gasteiger partial charge on any atom is 0.238 e. The Labute approximate surface area is 266 Å². The van der Waals surface area contributed by atoms with E-state index in [1.807, 2.05) is 72.8 Å². The highest BCUT2D eigenvalue weighted by atomic mass is 19.1. The highest BCUT2D eigenvalue weighted by Gasteiger charge is 2.57. The van der Waals surface area contributed by atoms with Crippen molar-refractivity contribution in [2.45, 2.75) is 25.4 Å². The van der Waals surface area contributed by atoms with Crippen LogP contribution >= 0.6 is 0 Å². The highest BCUT2D eigenvalue weighted by molar-refractivity contribution is 6.22. The zero-order valence-corrected chi connectivity index (χ0v) is 25.1. The molecule has 232 valence electrons. The fourth-order valence-corrected chi connectivity index (χ4v) is 7.05. The number of carbonyl (C=O) groups excluding carboxylic acids is 2. The molecule has 2 fully saturated rings. The number of amides is 2. The summed E-state index contributed by atoms with van der Waals surface area (Å²) < 4.78 is 26.9. The fraction of sp³-hybridized carbons (Fsp3) is 0.237. The van der Waals surface area contributed by atoms with Crippen molar-refractivity contribution in [1.29, 1.82) is 0 Å². The number of fused-ring (bicyclic) bond motifs is 3. The molecular formula is C38H33FN2O5. The van der Waals surface area contributed by atoms with Crippen LogP contribution in [0.4, 0.5) is 10.1 Å². The van der Waals surface area contributed by atoms with Gasteiger partial charge >= 0.3 is 0 Å². The second-order valence-corrected chi connectivity index (χ2v) is 11.9. The number of nitrogens with zero attached hydrogens (tertiary/aromatic N) is 2. The topological polar surface area (TPSA) is 89.0 Å². The van der Waals surface area contributed by atoms with E-state index in [0.29, 0.717) is 43.7 Å². The van der Waals surface area contributed by atoms with Crippen LogP contribution in [0.25, 0.3) is 11.6 Å². The van der Waals surface area contributed by atoms with Crippen LogP contribution in [0.2, 0.25) is 0 Å². The maximum atomic E-state index is 14.2. The van der Waals surface area contributed by atoms with Crippen molar-refractivity contribution in [3.05, 3.63) is 131 Å². The van der Waals surface area contributed by atoms with Gasteiger partial charge in [-0.3, -0.25) is 19.5 Å². The molecule has 8 heteroatoms. The number of carbonyl (C=O) groups is 2. The number of benzene rings is 3. The average molecular weight is 617 g/mol. The predicted molar refractivity (Wildman–Crippen MR) is 172 cm³/mol. The molecule has 4 atom stereocenters. The van der Waals surface area contributed by atoms with Gasteiger partial charge in [-0.2, -0.15) is 0 Å². The number of aromatic nitrogens is 1. The number of halogens is 1. The summed E-state index contributed by atoms with van der Waals surface area (Å²) in [5.41, 5.74) is 4.88. The van der Waals surface area contributed by atoms with Gasteiger partial charge in [0.05, 0.1) is 35.9 Å². The molecule has 0 unspecified atom stereocenters. The molecule has 0 bridgehead atoms. The zero-order valence-electron chi connectivity index (χ0n) is 25.1. The molecule has 2 saturated heterocycles. The first-order valence-electron chi connectivity index (χ1n) is 15.5. The highest BCUT2D eigenvalue weighted by Crippen LogP contribution is 2.50. The molecule has 0 spiro atoms. The molecule has 7 rings (SSSR count). The Morgan fingerprint density at radius 2 is 1.72 bits per heavy atom. The molecule has 1 aliphatic carbocycles. The van der Waals surface area contributed by atoms with Crippen LogP contribution in [-0.2, 0) is 14.3 Å². The summed E-state index contributed by atoms with van der Waals surface area (Å²) in [4.78, 5) is 33.6. The number of para-hydroxylation sites is 2. The molecule has 46 heavy (non-hydrogen) atoms. The van der Waals surface area contributed by atoms with Crippen LogP contribution in [-0.4, -0.2) is 41.2 Å². The number of phenolic OH excluding ortho intramolecular Hbond substituents is 1. The molecule has 3 aromatic carbocycles. The molecule has 3 aliphatic rings. The van der Waals surface area contributed by atoms with Crippen molar-refractivity contribution in [3.63, 3.8) is 0 Å². The van der Waals surface area contributed by atoms with Crippen LogP contribution in [0.15, 0.2) is 114 Å². The van der Waals surface area contributed by atoms with Crippen LogP contribution < -0.4 is 9.64 Å². The van der Waals surface area contributed by atoms with E-state index >= 15 is 0 Å². The van der Waals surface area contributed by atoms with Gasteiger partial charge in [-0.25, -0.2) is 4.39 Å². The molecule has 2 aliphatic heterocycles. The predicted octanol–water partition coefficient (Wildman–Crippen LogP) is 6.85. The number of imide groups is 1. The van der Waals surface area contributed by atoms with E-state index in [1.165, 1.54) is 17.0 Å². The Hall–Kier alpha value is -5.08. The Bertz CT molecular complexity index is 1810. The SMILES string of the molecule is O=C1[C@@H]2[C@@H](CC(COc3ccccc3)=C3[C@@H](CC/C(=C/c4ccc(O)c(F)c4)c4ccccn4)OC[C@@H]32)C(=O)N1c1ccccc1. The van der Waals surface area contributed by atoms with Gasteiger partial charge in [-0.05, 0) is 96.2 Å². The minimum Gasteiger partial charge on any atom is -0.505 e. The summed E-state index contributed by atoms with van der Waals surface area (Å²) in [5.74, 6) is -1.95. The lowest BCUT2D eigenvalue weighted by Gasteiger charge is -2.31. The van der Waals surface area contributed by atoms with Crippen molar-refractivity contribution >= 4 is 29.2 Å². The van der Waals surface area contributed by atoms with Gasteiger partial charge in [0.25, 0.3) is 0 Å². The summed E-state index contributed by atoms with van der Waals surface area (Å²) in [6.07, 6.45) is 4.87. The lowest BCUT2D eigenvalue weighted by atomic mass is 9.69. The van der Waals surface area contributed by atoms with Gasteiger partial charge in [0.1, 0.15) is 12.4 Å². The van der Waals surface area contributed by atoms with E-state index in [2.05, 4.69) is 4.98 Å². The molecule has 7 nitrogen and oxygen atoms in total. The van der Waals surface area contributed by atoms with Crippen LogP contribution in [0, 0.1) is 23.6 Å². The summed E-state index contributed by atoms with van der Waals surface area (Å²) >= 11 is 0. The molecule has 0 radical (unpaired) electrons.